The van der Waals surface area contributed by atoms with Crippen molar-refractivity contribution in [3.63, 3.8) is 0 Å². The molecule has 0 aliphatic carbocycles. The van der Waals surface area contributed by atoms with Gasteiger partial charge in [0.25, 0.3) is 0 Å². The van der Waals surface area contributed by atoms with Crippen molar-refractivity contribution in [3.05, 3.63) is 29.1 Å². The van der Waals surface area contributed by atoms with Crippen LogP contribution < -0.4 is 10.5 Å². The fourth-order valence-electron chi connectivity index (χ4n) is 1.57. The van der Waals surface area contributed by atoms with E-state index in [4.69, 9.17) is 10.5 Å². The molecule has 0 heterocycles. The van der Waals surface area contributed by atoms with Gasteiger partial charge in [0, 0.05) is 0 Å². The van der Waals surface area contributed by atoms with Crippen LogP contribution in [0.3, 0.4) is 0 Å². The molecule has 0 aromatic heterocycles. The molecule has 0 aliphatic heterocycles. The number of benzene rings is 1. The van der Waals surface area contributed by atoms with Gasteiger partial charge in [-0.1, -0.05) is 0 Å². The van der Waals surface area contributed by atoms with Crippen molar-refractivity contribution in [1.29, 1.82) is 0 Å². The van der Waals surface area contributed by atoms with Crippen molar-refractivity contribution in [2.75, 3.05) is 13.7 Å². The lowest BCUT2D eigenvalue weighted by molar-refractivity contribution is 0.412. The maximum atomic E-state index is 13.7. The molecule has 0 spiro atoms. The number of unbranched alkanes of at least 4 members (excludes halogenated alkanes) is 1. The minimum Gasteiger partial charge on any atom is -0.497 e. The fourth-order valence-corrected chi connectivity index (χ4v) is 1.57. The summed E-state index contributed by atoms with van der Waals surface area (Å²) in [6, 6.07) is 3.47. The molecule has 84 valence electrons. The summed E-state index contributed by atoms with van der Waals surface area (Å²) in [6.07, 6.45) is 2.57. The SMILES string of the molecule is COc1cc(C)c(F)c(CCCCN)c1. The maximum Gasteiger partial charge on any atom is 0.129 e. The zero-order valence-corrected chi connectivity index (χ0v) is 9.35. The van der Waals surface area contributed by atoms with Crippen LogP contribution in [-0.2, 0) is 6.42 Å². The Kier molecular flexibility index (Phi) is 4.56. The van der Waals surface area contributed by atoms with Gasteiger partial charge in [0.15, 0.2) is 0 Å². The predicted molar refractivity (Wildman–Crippen MR) is 59.7 cm³/mol. The third-order valence-electron chi connectivity index (χ3n) is 2.44. The van der Waals surface area contributed by atoms with Crippen molar-refractivity contribution < 1.29 is 9.13 Å². The van der Waals surface area contributed by atoms with E-state index in [-0.39, 0.29) is 5.82 Å². The number of methoxy groups -OCH3 is 1. The largest absolute Gasteiger partial charge is 0.497 e. The van der Waals surface area contributed by atoms with Crippen molar-refractivity contribution in [3.8, 4) is 5.75 Å². The molecule has 0 saturated carbocycles. The number of halogens is 1. The minimum absolute atomic E-state index is 0.118. The Balaban J connectivity index is 2.80. The van der Waals surface area contributed by atoms with Crippen LogP contribution in [0.5, 0.6) is 5.75 Å². The highest BCUT2D eigenvalue weighted by atomic mass is 19.1. The van der Waals surface area contributed by atoms with Crippen LogP contribution in [0.2, 0.25) is 0 Å². The van der Waals surface area contributed by atoms with E-state index in [1.54, 1.807) is 26.2 Å². The van der Waals surface area contributed by atoms with Gasteiger partial charge >= 0.3 is 0 Å². The molecular formula is C12H18FNO. The molecule has 0 amide bonds. The second-order valence-corrected chi connectivity index (χ2v) is 3.66. The zero-order valence-electron chi connectivity index (χ0n) is 9.35. The normalized spacial score (nSPS) is 10.4. The summed E-state index contributed by atoms with van der Waals surface area (Å²) in [5, 5.41) is 0. The fraction of sp³-hybridized carbons (Fsp3) is 0.500. The van der Waals surface area contributed by atoms with Gasteiger partial charge in [-0.15, -0.1) is 0 Å². The molecule has 1 rings (SSSR count). The number of ether oxygens (including phenoxy) is 1. The predicted octanol–water partition coefficient (Wildman–Crippen LogP) is 2.42. The van der Waals surface area contributed by atoms with Crippen molar-refractivity contribution >= 4 is 0 Å². The lowest BCUT2D eigenvalue weighted by Gasteiger charge is -2.08. The summed E-state index contributed by atoms with van der Waals surface area (Å²) >= 11 is 0. The second kappa shape index (κ2) is 5.71. The first-order valence-electron chi connectivity index (χ1n) is 5.22. The minimum atomic E-state index is -0.118. The molecule has 1 aromatic rings. The zero-order chi connectivity index (χ0) is 11.3. The number of rotatable bonds is 5. The van der Waals surface area contributed by atoms with Crippen molar-refractivity contribution in [2.45, 2.75) is 26.2 Å². The first-order valence-corrected chi connectivity index (χ1v) is 5.22. The summed E-state index contributed by atoms with van der Waals surface area (Å²) in [6.45, 7) is 2.41. The molecule has 0 atom stereocenters. The average Bonchev–Trinajstić information content (AvgIpc) is 2.24. The molecule has 0 bridgehead atoms. The highest BCUT2D eigenvalue weighted by molar-refractivity contribution is 5.35. The van der Waals surface area contributed by atoms with Gasteiger partial charge in [-0.3, -0.25) is 0 Å². The van der Waals surface area contributed by atoms with Gasteiger partial charge < -0.3 is 10.5 Å². The summed E-state index contributed by atoms with van der Waals surface area (Å²) in [5.41, 5.74) is 6.76. The van der Waals surface area contributed by atoms with Crippen LogP contribution >= 0.6 is 0 Å². The summed E-state index contributed by atoms with van der Waals surface area (Å²) in [4.78, 5) is 0. The van der Waals surface area contributed by atoms with Gasteiger partial charge in [-0.25, -0.2) is 4.39 Å². The van der Waals surface area contributed by atoms with Gasteiger partial charge in [0.2, 0.25) is 0 Å². The molecule has 2 nitrogen and oxygen atoms in total. The molecule has 0 fully saturated rings. The topological polar surface area (TPSA) is 35.2 Å². The molecule has 0 aliphatic rings. The van der Waals surface area contributed by atoms with Crippen molar-refractivity contribution in [1.82, 2.24) is 0 Å². The standard InChI is InChI=1S/C12H18FNO/c1-9-7-11(15-2)8-10(12(9)13)5-3-4-6-14/h7-8H,3-6,14H2,1-2H3. The van der Waals surface area contributed by atoms with E-state index in [1.807, 2.05) is 0 Å². The quantitative estimate of drug-likeness (QED) is 0.759. The van der Waals surface area contributed by atoms with E-state index in [1.165, 1.54) is 0 Å². The van der Waals surface area contributed by atoms with E-state index in [2.05, 4.69) is 0 Å². The number of aryl methyl sites for hydroxylation is 2. The average molecular weight is 211 g/mol. The van der Waals surface area contributed by atoms with Crippen LogP contribution in [0.1, 0.15) is 24.0 Å². The van der Waals surface area contributed by atoms with Gasteiger partial charge in [0.1, 0.15) is 11.6 Å². The highest BCUT2D eigenvalue weighted by Crippen LogP contribution is 2.22. The van der Waals surface area contributed by atoms with Gasteiger partial charge in [-0.05, 0) is 56.0 Å². The molecule has 15 heavy (non-hydrogen) atoms. The molecule has 0 saturated heterocycles. The lowest BCUT2D eigenvalue weighted by Crippen LogP contribution is -2.01. The summed E-state index contributed by atoms with van der Waals surface area (Å²) in [5.74, 6) is 0.601. The highest BCUT2D eigenvalue weighted by Gasteiger charge is 2.07. The molecule has 3 heteroatoms. The first-order chi connectivity index (χ1) is 7.19. The third kappa shape index (κ3) is 3.20. The van der Waals surface area contributed by atoms with E-state index in [9.17, 15) is 4.39 Å². The van der Waals surface area contributed by atoms with E-state index >= 15 is 0 Å². The van der Waals surface area contributed by atoms with E-state index in [0.29, 0.717) is 12.1 Å². The Hall–Kier alpha value is -1.09. The summed E-state index contributed by atoms with van der Waals surface area (Å²) < 4.78 is 18.8. The summed E-state index contributed by atoms with van der Waals surface area (Å²) in [7, 11) is 1.59. The van der Waals surface area contributed by atoms with Crippen LogP contribution in [0.4, 0.5) is 4.39 Å². The third-order valence-corrected chi connectivity index (χ3v) is 2.44. The molecule has 1 aromatic carbocycles. The first kappa shape index (κ1) is 12.0. The van der Waals surface area contributed by atoms with E-state index < -0.39 is 0 Å². The Morgan fingerprint density at radius 2 is 2.07 bits per heavy atom. The van der Waals surface area contributed by atoms with Crippen LogP contribution in [-0.4, -0.2) is 13.7 Å². The van der Waals surface area contributed by atoms with Crippen LogP contribution in [0, 0.1) is 12.7 Å². The van der Waals surface area contributed by atoms with Crippen LogP contribution in [0.15, 0.2) is 12.1 Å². The van der Waals surface area contributed by atoms with E-state index in [0.717, 1.165) is 30.6 Å². The maximum absolute atomic E-state index is 13.7. The van der Waals surface area contributed by atoms with Gasteiger partial charge in [0.05, 0.1) is 7.11 Å². The number of hydrogen-bond donors (Lipinski definition) is 1. The number of hydrogen-bond acceptors (Lipinski definition) is 2. The Bertz CT molecular complexity index is 326. The Morgan fingerprint density at radius 1 is 1.33 bits per heavy atom. The Labute approximate surface area is 90.2 Å². The molecule has 2 N–H and O–H groups in total. The van der Waals surface area contributed by atoms with Gasteiger partial charge in [-0.2, -0.15) is 0 Å². The number of nitrogens with two attached hydrogens (primary N) is 1. The molecular weight excluding hydrogens is 193 g/mol. The molecule has 0 unspecified atom stereocenters. The lowest BCUT2D eigenvalue weighted by atomic mass is 10.0. The second-order valence-electron chi connectivity index (χ2n) is 3.66. The smallest absolute Gasteiger partial charge is 0.129 e. The van der Waals surface area contributed by atoms with Crippen molar-refractivity contribution in [2.24, 2.45) is 5.73 Å². The molecule has 0 radical (unpaired) electrons. The monoisotopic (exact) mass is 211 g/mol. The Morgan fingerprint density at radius 3 is 2.67 bits per heavy atom. The van der Waals surface area contributed by atoms with Crippen LogP contribution in [0.25, 0.3) is 0 Å².